The van der Waals surface area contributed by atoms with Gasteiger partial charge in [-0.25, -0.2) is 0 Å². The molecule has 192 valence electrons. The van der Waals surface area contributed by atoms with Gasteiger partial charge in [-0.05, 0) is 61.9 Å². The van der Waals surface area contributed by atoms with Gasteiger partial charge in [0.2, 0.25) is 5.78 Å². The van der Waals surface area contributed by atoms with Crippen LogP contribution in [-0.2, 0) is 17.6 Å². The second-order valence-corrected chi connectivity index (χ2v) is 9.98. The lowest BCUT2D eigenvalue weighted by molar-refractivity contribution is -0.109. The van der Waals surface area contributed by atoms with Crippen molar-refractivity contribution in [2.24, 2.45) is 21.6 Å². The van der Waals surface area contributed by atoms with E-state index in [2.05, 4.69) is 26.2 Å². The molecule has 0 saturated heterocycles. The Balaban J connectivity index is 1.33. The van der Waals surface area contributed by atoms with Gasteiger partial charge >= 0.3 is 0 Å². The Hall–Kier alpha value is -4.05. The minimum atomic E-state index is -0.446. The average molecular weight is 519 g/mol. The van der Waals surface area contributed by atoms with Crippen LogP contribution in [0.5, 0.6) is 0 Å². The molecule has 2 aliphatic rings. The normalized spacial score (nSPS) is 17.1. The minimum absolute atomic E-state index is 0.0468. The lowest BCUT2D eigenvalue weighted by Gasteiger charge is -2.13. The molecule has 10 heteroatoms. The van der Waals surface area contributed by atoms with Crippen molar-refractivity contribution in [2.45, 2.75) is 32.6 Å². The first-order valence-corrected chi connectivity index (χ1v) is 12.9. The summed E-state index contributed by atoms with van der Waals surface area (Å²) >= 11 is 1.08. The summed E-state index contributed by atoms with van der Waals surface area (Å²) in [6.07, 6.45) is 9.42. The van der Waals surface area contributed by atoms with E-state index in [1.807, 2.05) is 30.5 Å². The van der Waals surface area contributed by atoms with E-state index in [9.17, 15) is 14.4 Å². The molecule has 2 heterocycles. The third kappa shape index (κ3) is 6.21. The number of carbonyl (C=O) groups is 3. The Bertz CT molecular complexity index is 1340. The Morgan fingerprint density at radius 2 is 1.84 bits per heavy atom. The van der Waals surface area contributed by atoms with Gasteiger partial charge in [0.15, 0.2) is 0 Å². The standard InChI is InChI=1S/C27H30N6O3S/c1-16(23(28)25(34)24(29-2)20-7-6-18-4-3-5-19(18)14-20)32-33-27(36)22-9-8-21(37-22)26(35)31-15-17-10-12-30-13-11-17/h6-10,12-14,17,32H,3-5,11,15,28H2,1-2H3,(H,31,35)(H,33,36). The Morgan fingerprint density at radius 3 is 2.57 bits per heavy atom. The predicted molar refractivity (Wildman–Crippen MR) is 146 cm³/mol. The molecule has 1 unspecified atom stereocenters. The van der Waals surface area contributed by atoms with Crippen LogP contribution >= 0.6 is 11.3 Å². The molecule has 37 heavy (non-hydrogen) atoms. The maximum Gasteiger partial charge on any atom is 0.279 e. The number of nitrogens with one attached hydrogen (secondary N) is 3. The summed E-state index contributed by atoms with van der Waals surface area (Å²) in [5.74, 6) is -0.902. The second kappa shape index (κ2) is 11.8. The van der Waals surface area contributed by atoms with E-state index < -0.39 is 11.7 Å². The summed E-state index contributed by atoms with van der Waals surface area (Å²) < 4.78 is 0. The number of ketones is 1. The molecular formula is C27H30N6O3S. The fourth-order valence-corrected chi connectivity index (χ4v) is 5.03. The summed E-state index contributed by atoms with van der Waals surface area (Å²) in [5.41, 5.74) is 15.1. The number of thiophene rings is 1. The Morgan fingerprint density at radius 1 is 1.08 bits per heavy atom. The van der Waals surface area contributed by atoms with Gasteiger partial charge in [-0.2, -0.15) is 0 Å². The van der Waals surface area contributed by atoms with Crippen LogP contribution in [-0.4, -0.2) is 43.1 Å². The fraction of sp³-hybridized carbons (Fsp3) is 0.296. The van der Waals surface area contributed by atoms with E-state index in [1.165, 1.54) is 11.1 Å². The molecule has 5 N–H and O–H groups in total. The second-order valence-electron chi connectivity index (χ2n) is 8.90. The first-order valence-electron chi connectivity index (χ1n) is 12.1. The van der Waals surface area contributed by atoms with Crippen LogP contribution in [0, 0.1) is 5.92 Å². The van der Waals surface area contributed by atoms with Crippen LogP contribution in [0.1, 0.15) is 55.8 Å². The number of hydrogen-bond acceptors (Lipinski definition) is 8. The number of allylic oxidation sites excluding steroid dienone is 2. The number of aryl methyl sites for hydroxylation is 2. The number of nitrogens with zero attached hydrogens (tertiary/aromatic N) is 2. The number of benzene rings is 1. The van der Waals surface area contributed by atoms with Crippen LogP contribution in [0.2, 0.25) is 0 Å². The van der Waals surface area contributed by atoms with E-state index >= 15 is 0 Å². The van der Waals surface area contributed by atoms with Gasteiger partial charge in [-0.15, -0.1) is 11.3 Å². The number of nitrogens with two attached hydrogens (primary N) is 1. The zero-order valence-electron chi connectivity index (χ0n) is 20.8. The largest absolute Gasteiger partial charge is 0.394 e. The highest BCUT2D eigenvalue weighted by Crippen LogP contribution is 2.23. The van der Waals surface area contributed by atoms with E-state index in [1.54, 1.807) is 32.3 Å². The van der Waals surface area contributed by atoms with E-state index in [0.717, 1.165) is 42.6 Å². The molecule has 1 aliphatic carbocycles. The lowest BCUT2D eigenvalue weighted by atomic mass is 9.99. The number of fused-ring (bicyclic) bond motifs is 1. The quantitative estimate of drug-likeness (QED) is 0.230. The zero-order valence-corrected chi connectivity index (χ0v) is 21.7. The molecule has 2 amide bonds. The summed E-state index contributed by atoms with van der Waals surface area (Å²) in [4.78, 5) is 47.1. The van der Waals surface area contributed by atoms with Crippen molar-refractivity contribution in [3.05, 3.63) is 80.4 Å². The van der Waals surface area contributed by atoms with Crippen LogP contribution in [0.15, 0.2) is 64.0 Å². The van der Waals surface area contributed by atoms with Crippen molar-refractivity contribution < 1.29 is 14.4 Å². The molecule has 1 aliphatic heterocycles. The van der Waals surface area contributed by atoms with Crippen molar-refractivity contribution >= 4 is 40.9 Å². The van der Waals surface area contributed by atoms with E-state index in [0.29, 0.717) is 22.0 Å². The van der Waals surface area contributed by atoms with Crippen LogP contribution < -0.4 is 21.9 Å². The number of rotatable bonds is 9. The van der Waals surface area contributed by atoms with Crippen molar-refractivity contribution in [2.75, 3.05) is 13.6 Å². The number of hydrogen-bond donors (Lipinski definition) is 4. The fourth-order valence-electron chi connectivity index (χ4n) is 4.21. The highest BCUT2D eigenvalue weighted by molar-refractivity contribution is 7.15. The zero-order chi connectivity index (χ0) is 26.4. The van der Waals surface area contributed by atoms with Gasteiger partial charge in [0.1, 0.15) is 11.4 Å². The average Bonchev–Trinajstić information content (AvgIpc) is 3.60. The van der Waals surface area contributed by atoms with Crippen molar-refractivity contribution in [1.82, 2.24) is 16.2 Å². The highest BCUT2D eigenvalue weighted by atomic mass is 32.1. The van der Waals surface area contributed by atoms with Gasteiger partial charge in [0.05, 0.1) is 15.5 Å². The molecule has 1 aromatic heterocycles. The van der Waals surface area contributed by atoms with E-state index in [-0.39, 0.29) is 23.2 Å². The lowest BCUT2D eigenvalue weighted by Crippen LogP contribution is -2.38. The van der Waals surface area contributed by atoms with Gasteiger partial charge in [0.25, 0.3) is 11.8 Å². The maximum absolute atomic E-state index is 13.1. The Kier molecular flexibility index (Phi) is 8.29. The van der Waals surface area contributed by atoms with Crippen molar-refractivity contribution in [1.29, 1.82) is 0 Å². The monoisotopic (exact) mass is 518 g/mol. The van der Waals surface area contributed by atoms with Gasteiger partial charge < -0.3 is 16.5 Å². The molecule has 0 fully saturated rings. The van der Waals surface area contributed by atoms with Gasteiger partial charge in [0, 0.05) is 37.5 Å². The number of aliphatic imine (C=N–C) groups is 2. The molecule has 1 atom stereocenters. The highest BCUT2D eigenvalue weighted by Gasteiger charge is 2.21. The smallest absolute Gasteiger partial charge is 0.279 e. The van der Waals surface area contributed by atoms with Crippen molar-refractivity contribution in [3.63, 3.8) is 0 Å². The first-order chi connectivity index (χ1) is 17.9. The Labute approximate surface area is 219 Å². The van der Waals surface area contributed by atoms with Crippen molar-refractivity contribution in [3.8, 4) is 0 Å². The van der Waals surface area contributed by atoms with E-state index in [4.69, 9.17) is 5.73 Å². The van der Waals surface area contributed by atoms with Gasteiger partial charge in [-0.1, -0.05) is 18.2 Å². The number of hydrazine groups is 1. The maximum atomic E-state index is 13.1. The summed E-state index contributed by atoms with van der Waals surface area (Å²) in [6, 6.07) is 9.12. The summed E-state index contributed by atoms with van der Waals surface area (Å²) in [5, 5.41) is 2.88. The third-order valence-corrected chi connectivity index (χ3v) is 7.44. The minimum Gasteiger partial charge on any atom is -0.394 e. The molecule has 2 aromatic rings. The summed E-state index contributed by atoms with van der Waals surface area (Å²) in [7, 11) is 1.56. The molecule has 0 bridgehead atoms. The molecule has 0 saturated carbocycles. The first kappa shape index (κ1) is 26.0. The molecular weight excluding hydrogens is 488 g/mol. The predicted octanol–water partition coefficient (Wildman–Crippen LogP) is 2.68. The SMILES string of the molecule is CN=C(C(=O)C(N)=C(C)NNC(=O)c1ccc(C(=O)NCC2C=CN=CC2)s1)c1ccc2c(c1)CCC2. The number of Topliss-reactive ketones (excluding diaryl/α,β-unsaturated/α-hetero) is 1. The van der Waals surface area contributed by atoms with Crippen LogP contribution in [0.3, 0.4) is 0 Å². The summed E-state index contributed by atoms with van der Waals surface area (Å²) in [6.45, 7) is 2.09. The topological polar surface area (TPSA) is 138 Å². The molecule has 0 spiro atoms. The molecule has 0 radical (unpaired) electrons. The third-order valence-electron chi connectivity index (χ3n) is 6.36. The van der Waals surface area contributed by atoms with Crippen LogP contribution in [0.25, 0.3) is 0 Å². The van der Waals surface area contributed by atoms with Gasteiger partial charge in [-0.3, -0.25) is 29.8 Å². The number of carbonyl (C=O) groups excluding carboxylic acids is 3. The van der Waals surface area contributed by atoms with Crippen LogP contribution in [0.4, 0.5) is 0 Å². The molecule has 4 rings (SSSR count). The molecule has 1 aromatic carbocycles. The molecule has 9 nitrogen and oxygen atoms in total. The number of amides is 2.